The Labute approximate surface area is 141 Å². The van der Waals surface area contributed by atoms with Gasteiger partial charge in [0.15, 0.2) is 0 Å². The lowest BCUT2D eigenvalue weighted by molar-refractivity contribution is -0.133. The number of rotatable bonds is 3. The maximum Gasteiger partial charge on any atom is 0.227 e. The van der Waals surface area contributed by atoms with Gasteiger partial charge in [0.1, 0.15) is 0 Å². The summed E-state index contributed by atoms with van der Waals surface area (Å²) in [6, 6.07) is 8.00. The molecule has 1 aliphatic rings. The first kappa shape index (κ1) is 16.0. The fourth-order valence-electron chi connectivity index (χ4n) is 3.03. The van der Waals surface area contributed by atoms with Gasteiger partial charge in [-0.05, 0) is 24.2 Å². The lowest BCUT2D eigenvalue weighted by atomic mass is 10.0. The Bertz CT molecular complexity index is 699. The number of halogens is 1. The van der Waals surface area contributed by atoms with Gasteiger partial charge in [-0.15, -0.1) is 0 Å². The summed E-state index contributed by atoms with van der Waals surface area (Å²) in [4.78, 5) is 16.8. The van der Waals surface area contributed by atoms with E-state index in [1.54, 1.807) is 10.9 Å². The van der Waals surface area contributed by atoms with E-state index in [-0.39, 0.29) is 11.9 Å². The summed E-state index contributed by atoms with van der Waals surface area (Å²) >= 11 is 6.34. The Balaban J connectivity index is 1.72. The van der Waals surface area contributed by atoms with Crippen molar-refractivity contribution in [1.82, 2.24) is 19.6 Å². The van der Waals surface area contributed by atoms with Crippen molar-refractivity contribution in [2.45, 2.75) is 12.5 Å². The Morgan fingerprint density at radius 3 is 2.78 bits per heavy atom. The minimum absolute atomic E-state index is 0.135. The first-order chi connectivity index (χ1) is 11.0. The Kier molecular flexibility index (Phi) is 4.68. The van der Waals surface area contributed by atoms with E-state index >= 15 is 0 Å². The summed E-state index contributed by atoms with van der Waals surface area (Å²) in [7, 11) is 3.94. The van der Waals surface area contributed by atoms with Crippen molar-refractivity contribution >= 4 is 17.5 Å². The molecule has 0 radical (unpaired) electrons. The Morgan fingerprint density at radius 2 is 2.09 bits per heavy atom. The highest BCUT2D eigenvalue weighted by Gasteiger charge is 2.29. The van der Waals surface area contributed by atoms with Gasteiger partial charge in [0.05, 0.1) is 18.7 Å². The van der Waals surface area contributed by atoms with Crippen molar-refractivity contribution in [2.75, 3.05) is 26.7 Å². The highest BCUT2D eigenvalue weighted by Crippen LogP contribution is 2.29. The molecule has 3 rings (SSSR count). The second-order valence-electron chi connectivity index (χ2n) is 6.06. The SMILES string of the molecule is CN1CCN(C(=O)Cc2cnn(C)c2)CC1c1ccccc1Cl. The molecule has 0 aliphatic carbocycles. The van der Waals surface area contributed by atoms with Gasteiger partial charge in [-0.2, -0.15) is 5.10 Å². The van der Waals surface area contributed by atoms with Crippen LogP contribution in [0, 0.1) is 0 Å². The molecule has 1 unspecified atom stereocenters. The van der Waals surface area contributed by atoms with E-state index in [0.717, 1.165) is 29.2 Å². The third-order valence-corrected chi connectivity index (χ3v) is 4.72. The average Bonchev–Trinajstić information content (AvgIpc) is 2.93. The predicted octanol–water partition coefficient (Wildman–Crippen LogP) is 2.13. The number of benzene rings is 1. The van der Waals surface area contributed by atoms with Crippen LogP contribution in [0.25, 0.3) is 0 Å². The van der Waals surface area contributed by atoms with Crippen LogP contribution < -0.4 is 0 Å². The molecule has 2 aromatic rings. The number of aryl methyl sites for hydroxylation is 1. The van der Waals surface area contributed by atoms with Gasteiger partial charge < -0.3 is 4.90 Å². The zero-order chi connectivity index (χ0) is 16.4. The summed E-state index contributed by atoms with van der Waals surface area (Å²) in [5.74, 6) is 0.142. The average molecular weight is 333 g/mol. The van der Waals surface area contributed by atoms with Crippen LogP contribution >= 0.6 is 11.6 Å². The van der Waals surface area contributed by atoms with Crippen molar-refractivity contribution in [3.05, 3.63) is 52.8 Å². The minimum atomic E-state index is 0.135. The lowest BCUT2D eigenvalue weighted by Crippen LogP contribution is -2.49. The highest BCUT2D eigenvalue weighted by molar-refractivity contribution is 6.31. The van der Waals surface area contributed by atoms with Crippen molar-refractivity contribution in [3.63, 3.8) is 0 Å². The number of carbonyl (C=O) groups excluding carboxylic acids is 1. The minimum Gasteiger partial charge on any atom is -0.339 e. The fourth-order valence-corrected chi connectivity index (χ4v) is 3.29. The summed E-state index contributed by atoms with van der Waals surface area (Å²) in [6.45, 7) is 2.25. The molecular formula is C17H21ClN4O. The lowest BCUT2D eigenvalue weighted by Gasteiger charge is -2.40. The number of carbonyl (C=O) groups is 1. The third kappa shape index (κ3) is 3.57. The molecule has 0 N–H and O–H groups in total. The van der Waals surface area contributed by atoms with Crippen LogP contribution in [0.2, 0.25) is 5.02 Å². The monoisotopic (exact) mass is 332 g/mol. The van der Waals surface area contributed by atoms with Crippen molar-refractivity contribution in [2.24, 2.45) is 7.05 Å². The molecule has 1 amide bonds. The van der Waals surface area contributed by atoms with Gasteiger partial charge in [0.25, 0.3) is 0 Å². The van der Waals surface area contributed by atoms with Crippen molar-refractivity contribution in [3.8, 4) is 0 Å². The molecule has 1 fully saturated rings. The number of piperazine rings is 1. The molecule has 1 aromatic carbocycles. The zero-order valence-corrected chi connectivity index (χ0v) is 14.2. The van der Waals surface area contributed by atoms with Crippen LogP contribution in [0.4, 0.5) is 0 Å². The van der Waals surface area contributed by atoms with E-state index in [0.29, 0.717) is 13.0 Å². The van der Waals surface area contributed by atoms with Crippen LogP contribution in [-0.4, -0.2) is 52.2 Å². The number of hydrogen-bond acceptors (Lipinski definition) is 3. The van der Waals surface area contributed by atoms with E-state index in [1.807, 2.05) is 42.4 Å². The van der Waals surface area contributed by atoms with Gasteiger partial charge in [0.2, 0.25) is 5.91 Å². The Hall–Kier alpha value is -1.85. The van der Waals surface area contributed by atoms with Gasteiger partial charge >= 0.3 is 0 Å². The van der Waals surface area contributed by atoms with E-state index < -0.39 is 0 Å². The summed E-state index contributed by atoms with van der Waals surface area (Å²) in [6.07, 6.45) is 4.03. The molecule has 0 bridgehead atoms. The molecule has 122 valence electrons. The molecule has 5 nitrogen and oxygen atoms in total. The molecule has 1 saturated heterocycles. The number of amides is 1. The highest BCUT2D eigenvalue weighted by atomic mass is 35.5. The first-order valence-electron chi connectivity index (χ1n) is 7.74. The maximum atomic E-state index is 12.6. The maximum absolute atomic E-state index is 12.6. The van der Waals surface area contributed by atoms with E-state index in [2.05, 4.69) is 17.0 Å². The fraction of sp³-hybridized carbons (Fsp3) is 0.412. The number of aromatic nitrogens is 2. The summed E-state index contributed by atoms with van der Waals surface area (Å²) < 4.78 is 1.72. The Morgan fingerprint density at radius 1 is 1.30 bits per heavy atom. The molecule has 1 aliphatic heterocycles. The van der Waals surface area contributed by atoms with Crippen LogP contribution in [0.15, 0.2) is 36.7 Å². The van der Waals surface area contributed by atoms with Gasteiger partial charge in [-0.25, -0.2) is 0 Å². The second-order valence-corrected chi connectivity index (χ2v) is 6.46. The van der Waals surface area contributed by atoms with Crippen molar-refractivity contribution in [1.29, 1.82) is 0 Å². The molecule has 0 spiro atoms. The molecule has 6 heteroatoms. The van der Waals surface area contributed by atoms with E-state index in [4.69, 9.17) is 11.6 Å². The molecule has 2 heterocycles. The van der Waals surface area contributed by atoms with Crippen LogP contribution in [0.1, 0.15) is 17.2 Å². The standard InChI is InChI=1S/C17H21ClN4O/c1-20-7-8-22(17(23)9-13-10-19-21(2)11-13)12-16(20)14-5-3-4-6-15(14)18/h3-6,10-11,16H,7-9,12H2,1-2H3. The largest absolute Gasteiger partial charge is 0.339 e. The van der Waals surface area contributed by atoms with Gasteiger partial charge in [-0.3, -0.25) is 14.4 Å². The number of nitrogens with zero attached hydrogens (tertiary/aromatic N) is 4. The molecule has 1 atom stereocenters. The van der Waals surface area contributed by atoms with Crippen LogP contribution in [0.3, 0.4) is 0 Å². The first-order valence-corrected chi connectivity index (χ1v) is 8.12. The number of likely N-dealkylation sites (N-methyl/N-ethyl adjacent to an activating group) is 1. The molecule has 0 saturated carbocycles. The van der Waals surface area contributed by atoms with Gasteiger partial charge in [-0.1, -0.05) is 29.8 Å². The normalized spacial score (nSPS) is 19.1. The van der Waals surface area contributed by atoms with Crippen molar-refractivity contribution < 1.29 is 4.79 Å². The third-order valence-electron chi connectivity index (χ3n) is 4.38. The molecule has 23 heavy (non-hydrogen) atoms. The van der Waals surface area contributed by atoms with Crippen LogP contribution in [0.5, 0.6) is 0 Å². The molecule has 1 aromatic heterocycles. The quantitative estimate of drug-likeness (QED) is 0.864. The van der Waals surface area contributed by atoms with Crippen LogP contribution in [-0.2, 0) is 18.3 Å². The summed E-state index contributed by atoms with van der Waals surface area (Å²) in [5.41, 5.74) is 2.03. The number of hydrogen-bond donors (Lipinski definition) is 0. The topological polar surface area (TPSA) is 41.4 Å². The van der Waals surface area contributed by atoms with E-state index in [1.165, 1.54) is 0 Å². The zero-order valence-electron chi connectivity index (χ0n) is 13.4. The summed E-state index contributed by atoms with van der Waals surface area (Å²) in [5, 5.41) is 4.88. The predicted molar refractivity (Wildman–Crippen MR) is 90.3 cm³/mol. The second kappa shape index (κ2) is 6.72. The smallest absolute Gasteiger partial charge is 0.227 e. The van der Waals surface area contributed by atoms with E-state index in [9.17, 15) is 4.79 Å². The molecular weight excluding hydrogens is 312 g/mol. The van der Waals surface area contributed by atoms with Gasteiger partial charge in [0, 0.05) is 37.9 Å².